The third-order valence-corrected chi connectivity index (χ3v) is 3.99. The summed E-state index contributed by atoms with van der Waals surface area (Å²) in [7, 11) is 0. The number of fused-ring (bicyclic) bond motifs is 1. The molecule has 0 aromatic carbocycles. The van der Waals surface area contributed by atoms with Crippen molar-refractivity contribution in [2.24, 2.45) is 0 Å². The molecule has 0 fully saturated rings. The number of aromatic nitrogens is 2. The molecule has 0 bridgehead atoms. The lowest BCUT2D eigenvalue weighted by Crippen LogP contribution is -2.11. The van der Waals surface area contributed by atoms with Gasteiger partial charge < -0.3 is 10.1 Å². The number of terminal acetylenes is 1. The molecule has 106 valence electrons. The van der Waals surface area contributed by atoms with E-state index in [9.17, 15) is 0 Å². The largest absolute Gasteiger partial charge is 0.461 e. The SMILES string of the molecule is C#CC(C)Oc1nc(NCCC)nc2sc(CC)cc12. The highest BCUT2D eigenvalue weighted by molar-refractivity contribution is 7.18. The number of anilines is 1. The van der Waals surface area contributed by atoms with E-state index in [-0.39, 0.29) is 6.10 Å². The van der Waals surface area contributed by atoms with Crippen molar-refractivity contribution < 1.29 is 4.74 Å². The monoisotopic (exact) mass is 289 g/mol. The Morgan fingerprint density at radius 3 is 2.90 bits per heavy atom. The van der Waals surface area contributed by atoms with Gasteiger partial charge in [0.05, 0.1) is 5.39 Å². The standard InChI is InChI=1S/C15H19N3OS/c1-5-8-16-15-17-13(19-10(4)6-2)12-9-11(7-3)20-14(12)18-15/h2,9-10H,5,7-8H2,1,3-4H3,(H,16,17,18). The Hall–Kier alpha value is -1.80. The molecule has 5 heteroatoms. The van der Waals surface area contributed by atoms with Crippen LogP contribution in [0.2, 0.25) is 0 Å². The molecular formula is C15H19N3OS. The van der Waals surface area contributed by atoms with Crippen LogP contribution in [0.25, 0.3) is 10.2 Å². The average molecular weight is 289 g/mol. The number of hydrogen-bond acceptors (Lipinski definition) is 5. The van der Waals surface area contributed by atoms with Crippen molar-refractivity contribution in [3.8, 4) is 18.2 Å². The van der Waals surface area contributed by atoms with Gasteiger partial charge in [-0.3, -0.25) is 0 Å². The lowest BCUT2D eigenvalue weighted by molar-refractivity contribution is 0.272. The minimum absolute atomic E-state index is 0.308. The van der Waals surface area contributed by atoms with Gasteiger partial charge in [-0.2, -0.15) is 4.98 Å². The normalized spacial score (nSPS) is 12.1. The van der Waals surface area contributed by atoms with Gasteiger partial charge in [-0.1, -0.05) is 19.8 Å². The Labute approximate surface area is 123 Å². The molecule has 0 aliphatic heterocycles. The van der Waals surface area contributed by atoms with Crippen LogP contribution >= 0.6 is 11.3 Å². The second-order valence-electron chi connectivity index (χ2n) is 4.49. The molecular weight excluding hydrogens is 270 g/mol. The lowest BCUT2D eigenvalue weighted by atomic mass is 10.3. The zero-order valence-corrected chi connectivity index (χ0v) is 12.9. The first-order valence-corrected chi connectivity index (χ1v) is 7.66. The van der Waals surface area contributed by atoms with Gasteiger partial charge in [-0.25, -0.2) is 4.98 Å². The zero-order chi connectivity index (χ0) is 14.5. The number of thiophene rings is 1. The molecule has 1 N–H and O–H groups in total. The Kier molecular flexibility index (Phi) is 4.80. The van der Waals surface area contributed by atoms with E-state index in [0.29, 0.717) is 11.8 Å². The number of aryl methyl sites for hydroxylation is 1. The summed E-state index contributed by atoms with van der Waals surface area (Å²) in [4.78, 5) is 11.2. The summed E-state index contributed by atoms with van der Waals surface area (Å²) < 4.78 is 5.73. The summed E-state index contributed by atoms with van der Waals surface area (Å²) in [5.74, 6) is 3.73. The minimum atomic E-state index is -0.308. The zero-order valence-electron chi connectivity index (χ0n) is 12.1. The number of ether oxygens (including phenoxy) is 1. The van der Waals surface area contributed by atoms with E-state index >= 15 is 0 Å². The molecule has 2 aromatic rings. The van der Waals surface area contributed by atoms with E-state index in [2.05, 4.69) is 41.1 Å². The Morgan fingerprint density at radius 1 is 1.45 bits per heavy atom. The molecule has 1 unspecified atom stereocenters. The molecule has 2 rings (SSSR count). The molecule has 0 aliphatic carbocycles. The van der Waals surface area contributed by atoms with Gasteiger partial charge in [0.25, 0.3) is 0 Å². The van der Waals surface area contributed by atoms with E-state index in [1.807, 2.05) is 6.92 Å². The van der Waals surface area contributed by atoms with Crippen LogP contribution in [0, 0.1) is 12.3 Å². The van der Waals surface area contributed by atoms with Crippen LogP contribution in [0.5, 0.6) is 5.88 Å². The lowest BCUT2D eigenvalue weighted by Gasteiger charge is -2.10. The van der Waals surface area contributed by atoms with Crippen LogP contribution in [0.15, 0.2) is 6.07 Å². The fraction of sp³-hybridized carbons (Fsp3) is 0.467. The fourth-order valence-corrected chi connectivity index (χ4v) is 2.68. The van der Waals surface area contributed by atoms with Crippen LogP contribution in [-0.2, 0) is 6.42 Å². The fourth-order valence-electron chi connectivity index (χ4n) is 1.73. The van der Waals surface area contributed by atoms with Gasteiger partial charge in [0.1, 0.15) is 4.83 Å². The maximum Gasteiger partial charge on any atom is 0.228 e. The second-order valence-corrected chi connectivity index (χ2v) is 5.61. The number of nitrogens with one attached hydrogen (secondary N) is 1. The second kappa shape index (κ2) is 6.58. The van der Waals surface area contributed by atoms with E-state index in [1.54, 1.807) is 11.3 Å². The quantitative estimate of drug-likeness (QED) is 0.827. The van der Waals surface area contributed by atoms with Gasteiger partial charge in [0.15, 0.2) is 6.10 Å². The highest BCUT2D eigenvalue weighted by Crippen LogP contribution is 2.32. The van der Waals surface area contributed by atoms with Crippen molar-refractivity contribution in [2.45, 2.75) is 39.7 Å². The average Bonchev–Trinajstić information content (AvgIpc) is 2.88. The van der Waals surface area contributed by atoms with Crippen molar-refractivity contribution in [2.75, 3.05) is 11.9 Å². The third-order valence-electron chi connectivity index (χ3n) is 2.81. The summed E-state index contributed by atoms with van der Waals surface area (Å²) >= 11 is 1.67. The highest BCUT2D eigenvalue weighted by atomic mass is 32.1. The minimum Gasteiger partial charge on any atom is -0.461 e. The molecule has 20 heavy (non-hydrogen) atoms. The van der Waals surface area contributed by atoms with Crippen LogP contribution in [-0.4, -0.2) is 22.6 Å². The summed E-state index contributed by atoms with van der Waals surface area (Å²) in [6.07, 6.45) is 7.07. The molecule has 2 heterocycles. The first kappa shape index (κ1) is 14.6. The molecule has 0 saturated heterocycles. The van der Waals surface area contributed by atoms with Crippen LogP contribution in [0.1, 0.15) is 32.1 Å². The van der Waals surface area contributed by atoms with Crippen LogP contribution < -0.4 is 10.1 Å². The summed E-state index contributed by atoms with van der Waals surface area (Å²) in [5.41, 5.74) is 0. The van der Waals surface area contributed by atoms with Crippen molar-refractivity contribution in [3.05, 3.63) is 10.9 Å². The molecule has 0 spiro atoms. The van der Waals surface area contributed by atoms with Gasteiger partial charge in [0.2, 0.25) is 11.8 Å². The van der Waals surface area contributed by atoms with Crippen molar-refractivity contribution >= 4 is 27.5 Å². The van der Waals surface area contributed by atoms with Crippen molar-refractivity contribution in [1.29, 1.82) is 0 Å². The van der Waals surface area contributed by atoms with E-state index < -0.39 is 0 Å². The molecule has 1 atom stereocenters. The predicted octanol–water partition coefficient (Wildman–Crippen LogP) is 3.48. The molecule has 0 saturated carbocycles. The predicted molar refractivity (Wildman–Crippen MR) is 84.5 cm³/mol. The molecule has 2 aromatic heterocycles. The topological polar surface area (TPSA) is 47.0 Å². The smallest absolute Gasteiger partial charge is 0.228 e. The van der Waals surface area contributed by atoms with Gasteiger partial charge in [-0.15, -0.1) is 17.8 Å². The Morgan fingerprint density at radius 2 is 2.25 bits per heavy atom. The molecule has 0 amide bonds. The number of rotatable bonds is 6. The van der Waals surface area contributed by atoms with Gasteiger partial charge in [0, 0.05) is 11.4 Å². The van der Waals surface area contributed by atoms with Crippen molar-refractivity contribution in [3.63, 3.8) is 0 Å². The third kappa shape index (κ3) is 3.20. The van der Waals surface area contributed by atoms with E-state index in [4.69, 9.17) is 11.2 Å². The molecule has 4 nitrogen and oxygen atoms in total. The summed E-state index contributed by atoms with van der Waals surface area (Å²) in [6.45, 7) is 6.89. The molecule has 0 radical (unpaired) electrons. The van der Waals surface area contributed by atoms with Crippen LogP contribution in [0.3, 0.4) is 0 Å². The van der Waals surface area contributed by atoms with Gasteiger partial charge in [-0.05, 0) is 25.8 Å². The van der Waals surface area contributed by atoms with Crippen molar-refractivity contribution in [1.82, 2.24) is 9.97 Å². The summed E-state index contributed by atoms with van der Waals surface area (Å²) in [5, 5.41) is 4.14. The highest BCUT2D eigenvalue weighted by Gasteiger charge is 2.14. The first-order valence-electron chi connectivity index (χ1n) is 6.85. The maximum absolute atomic E-state index is 5.73. The Balaban J connectivity index is 2.44. The van der Waals surface area contributed by atoms with Gasteiger partial charge >= 0.3 is 0 Å². The van der Waals surface area contributed by atoms with Crippen LogP contribution in [0.4, 0.5) is 5.95 Å². The molecule has 0 aliphatic rings. The first-order chi connectivity index (χ1) is 9.67. The Bertz CT molecular complexity index is 630. The van der Waals surface area contributed by atoms with E-state index in [1.165, 1.54) is 4.88 Å². The summed E-state index contributed by atoms with van der Waals surface area (Å²) in [6, 6.07) is 2.09. The van der Waals surface area contributed by atoms with E-state index in [0.717, 1.165) is 29.6 Å². The maximum atomic E-state index is 5.73. The number of nitrogens with zero attached hydrogens (tertiary/aromatic N) is 2. The number of hydrogen-bond donors (Lipinski definition) is 1.